The number of rotatable bonds is 0. The van der Waals surface area contributed by atoms with Crippen molar-refractivity contribution in [3.05, 3.63) is 23.7 Å². The van der Waals surface area contributed by atoms with Gasteiger partial charge in [0, 0.05) is 12.4 Å². The van der Waals surface area contributed by atoms with Crippen molar-refractivity contribution in [1.82, 2.24) is 15.1 Å². The Hall–Kier alpha value is -1.25. The van der Waals surface area contributed by atoms with Crippen LogP contribution < -0.4 is 5.32 Å². The largest absolute Gasteiger partial charge is 0.382 e. The fraction of sp³-hybridized carbons (Fsp3) is 0.375. The maximum atomic E-state index is 4.20. The molecule has 0 spiro atoms. The average Bonchev–Trinajstić information content (AvgIpc) is 2.34. The van der Waals surface area contributed by atoms with Crippen molar-refractivity contribution >= 4 is 6.20 Å². The van der Waals surface area contributed by atoms with E-state index in [0.29, 0.717) is 6.04 Å². The lowest BCUT2D eigenvalue weighted by Crippen LogP contribution is -2.20. The van der Waals surface area contributed by atoms with Crippen LogP contribution in [0.15, 0.2) is 12.4 Å². The molecule has 0 bridgehead atoms. The normalized spacial score (nSPS) is 21.1. The second kappa shape index (κ2) is 2.12. The first-order valence-corrected chi connectivity index (χ1v) is 3.76. The molecule has 2 rings (SSSR count). The van der Waals surface area contributed by atoms with Crippen LogP contribution in [-0.2, 0) is 0 Å². The molecule has 0 aromatic carbocycles. The van der Waals surface area contributed by atoms with Gasteiger partial charge >= 0.3 is 0 Å². The Kier molecular flexibility index (Phi) is 1.24. The lowest BCUT2D eigenvalue weighted by atomic mass is 10.1. The molecular formula is C8H11N3. The van der Waals surface area contributed by atoms with Gasteiger partial charge in [0.05, 0.1) is 17.9 Å². The van der Waals surface area contributed by atoms with Crippen molar-refractivity contribution in [1.29, 1.82) is 0 Å². The van der Waals surface area contributed by atoms with Crippen molar-refractivity contribution in [3.63, 3.8) is 0 Å². The minimum atomic E-state index is 0.377. The van der Waals surface area contributed by atoms with Crippen molar-refractivity contribution in [2.24, 2.45) is 0 Å². The number of aromatic nitrogens is 2. The Labute approximate surface area is 65.7 Å². The lowest BCUT2D eigenvalue weighted by Gasteiger charge is -2.17. The molecule has 58 valence electrons. The molecule has 1 aliphatic heterocycles. The zero-order valence-corrected chi connectivity index (χ0v) is 6.70. The summed E-state index contributed by atoms with van der Waals surface area (Å²) in [6.45, 7) is 4.21. The number of hydrogen-bond acceptors (Lipinski definition) is 2. The summed E-state index contributed by atoms with van der Waals surface area (Å²) in [6.07, 6.45) is 5.75. The minimum absolute atomic E-state index is 0.377. The van der Waals surface area contributed by atoms with Crippen LogP contribution >= 0.6 is 0 Å². The average molecular weight is 149 g/mol. The van der Waals surface area contributed by atoms with Gasteiger partial charge in [-0.3, -0.25) is 0 Å². The first kappa shape index (κ1) is 6.46. The molecule has 2 heterocycles. The van der Waals surface area contributed by atoms with Crippen LogP contribution in [0.2, 0.25) is 0 Å². The van der Waals surface area contributed by atoms with Gasteiger partial charge in [-0.15, -0.1) is 0 Å². The molecule has 1 aromatic rings. The SMILES string of the molecule is Cc1cnn2c1C(C)NC=C2. The highest BCUT2D eigenvalue weighted by Crippen LogP contribution is 2.19. The number of fused-ring (bicyclic) bond motifs is 1. The number of hydrogen-bond donors (Lipinski definition) is 1. The lowest BCUT2D eigenvalue weighted by molar-refractivity contribution is 0.614. The van der Waals surface area contributed by atoms with Gasteiger partial charge in [-0.25, -0.2) is 4.68 Å². The zero-order chi connectivity index (χ0) is 7.84. The van der Waals surface area contributed by atoms with Gasteiger partial charge in [0.1, 0.15) is 0 Å². The zero-order valence-electron chi connectivity index (χ0n) is 6.70. The Balaban J connectivity index is 2.58. The summed E-state index contributed by atoms with van der Waals surface area (Å²) in [5.74, 6) is 0. The molecule has 0 saturated heterocycles. The second-order valence-corrected chi connectivity index (χ2v) is 2.86. The summed E-state index contributed by atoms with van der Waals surface area (Å²) in [4.78, 5) is 0. The molecule has 11 heavy (non-hydrogen) atoms. The summed E-state index contributed by atoms with van der Waals surface area (Å²) in [7, 11) is 0. The van der Waals surface area contributed by atoms with E-state index >= 15 is 0 Å². The fourth-order valence-electron chi connectivity index (χ4n) is 1.45. The number of nitrogens with one attached hydrogen (secondary N) is 1. The highest BCUT2D eigenvalue weighted by Gasteiger charge is 2.14. The van der Waals surface area contributed by atoms with E-state index in [0.717, 1.165) is 0 Å². The monoisotopic (exact) mass is 149 g/mol. The smallest absolute Gasteiger partial charge is 0.0684 e. The molecule has 0 saturated carbocycles. The highest BCUT2D eigenvalue weighted by atomic mass is 15.3. The van der Waals surface area contributed by atoms with Crippen molar-refractivity contribution < 1.29 is 0 Å². The minimum Gasteiger partial charge on any atom is -0.382 e. The number of nitrogens with zero attached hydrogens (tertiary/aromatic N) is 2. The third-order valence-corrected chi connectivity index (χ3v) is 2.00. The van der Waals surface area contributed by atoms with Crippen LogP contribution in [0.5, 0.6) is 0 Å². The van der Waals surface area contributed by atoms with Crippen LogP contribution in [0.3, 0.4) is 0 Å². The third-order valence-electron chi connectivity index (χ3n) is 2.00. The molecule has 3 nitrogen and oxygen atoms in total. The molecule has 1 aromatic heterocycles. The summed E-state index contributed by atoms with van der Waals surface area (Å²) in [5.41, 5.74) is 2.50. The van der Waals surface area contributed by atoms with Crippen LogP contribution in [0, 0.1) is 6.92 Å². The maximum Gasteiger partial charge on any atom is 0.0684 e. The fourth-order valence-corrected chi connectivity index (χ4v) is 1.45. The van der Waals surface area contributed by atoms with E-state index in [1.165, 1.54) is 11.3 Å². The van der Waals surface area contributed by atoms with E-state index < -0.39 is 0 Å². The molecule has 0 aliphatic carbocycles. The Morgan fingerprint density at radius 2 is 2.45 bits per heavy atom. The topological polar surface area (TPSA) is 29.9 Å². The molecule has 0 radical (unpaired) electrons. The van der Waals surface area contributed by atoms with Gasteiger partial charge in [0.2, 0.25) is 0 Å². The van der Waals surface area contributed by atoms with Crippen LogP contribution in [0.25, 0.3) is 6.20 Å². The highest BCUT2D eigenvalue weighted by molar-refractivity contribution is 5.34. The third kappa shape index (κ3) is 0.843. The molecule has 3 heteroatoms. The molecule has 0 fully saturated rings. The van der Waals surface area contributed by atoms with E-state index in [2.05, 4.69) is 24.3 Å². The van der Waals surface area contributed by atoms with E-state index in [9.17, 15) is 0 Å². The quantitative estimate of drug-likeness (QED) is 0.602. The van der Waals surface area contributed by atoms with Gasteiger partial charge in [0.15, 0.2) is 0 Å². The molecular weight excluding hydrogens is 138 g/mol. The van der Waals surface area contributed by atoms with E-state index in [1.807, 2.05) is 23.3 Å². The van der Waals surface area contributed by atoms with E-state index in [1.54, 1.807) is 0 Å². The molecule has 1 atom stereocenters. The first-order chi connectivity index (χ1) is 5.29. The summed E-state index contributed by atoms with van der Waals surface area (Å²) in [5, 5.41) is 7.42. The van der Waals surface area contributed by atoms with Crippen LogP contribution in [-0.4, -0.2) is 9.78 Å². The van der Waals surface area contributed by atoms with Crippen LogP contribution in [0.4, 0.5) is 0 Å². The Morgan fingerprint density at radius 3 is 3.18 bits per heavy atom. The number of aryl methyl sites for hydroxylation is 1. The second-order valence-electron chi connectivity index (χ2n) is 2.86. The van der Waals surface area contributed by atoms with Gasteiger partial charge in [-0.05, 0) is 19.4 Å². The van der Waals surface area contributed by atoms with E-state index in [4.69, 9.17) is 0 Å². The molecule has 1 aliphatic rings. The van der Waals surface area contributed by atoms with Crippen molar-refractivity contribution in [2.75, 3.05) is 0 Å². The molecule has 1 N–H and O–H groups in total. The van der Waals surface area contributed by atoms with E-state index in [-0.39, 0.29) is 0 Å². The predicted molar refractivity (Wildman–Crippen MR) is 43.8 cm³/mol. The predicted octanol–water partition coefficient (Wildman–Crippen LogP) is 1.28. The Morgan fingerprint density at radius 1 is 1.64 bits per heavy atom. The first-order valence-electron chi connectivity index (χ1n) is 3.76. The Bertz CT molecular complexity index is 298. The van der Waals surface area contributed by atoms with Gasteiger partial charge in [-0.2, -0.15) is 5.10 Å². The summed E-state index contributed by atoms with van der Waals surface area (Å²) < 4.78 is 1.91. The summed E-state index contributed by atoms with van der Waals surface area (Å²) >= 11 is 0. The molecule has 1 unspecified atom stereocenters. The summed E-state index contributed by atoms with van der Waals surface area (Å²) in [6, 6.07) is 0.377. The van der Waals surface area contributed by atoms with Crippen molar-refractivity contribution in [3.8, 4) is 0 Å². The molecule has 0 amide bonds. The standard InChI is InChI=1S/C8H11N3/c1-6-5-10-11-4-3-9-7(2)8(6)11/h3-5,7,9H,1-2H3. The van der Waals surface area contributed by atoms with Crippen LogP contribution in [0.1, 0.15) is 24.2 Å². The van der Waals surface area contributed by atoms with Crippen molar-refractivity contribution in [2.45, 2.75) is 19.9 Å². The van der Waals surface area contributed by atoms with Gasteiger partial charge < -0.3 is 5.32 Å². The van der Waals surface area contributed by atoms with Gasteiger partial charge in [-0.1, -0.05) is 0 Å². The van der Waals surface area contributed by atoms with Gasteiger partial charge in [0.25, 0.3) is 0 Å². The maximum absolute atomic E-state index is 4.20.